The van der Waals surface area contributed by atoms with E-state index in [1.807, 2.05) is 50.2 Å². The second kappa shape index (κ2) is 8.46. The van der Waals surface area contributed by atoms with Crippen molar-refractivity contribution in [2.24, 2.45) is 11.0 Å². The molecule has 148 valence electrons. The lowest BCUT2D eigenvalue weighted by atomic mass is 9.77. The molecule has 0 bridgehead atoms. The summed E-state index contributed by atoms with van der Waals surface area (Å²) in [6.45, 7) is 5.57. The van der Waals surface area contributed by atoms with Gasteiger partial charge in [-0.15, -0.1) is 0 Å². The molecule has 0 fully saturated rings. The van der Waals surface area contributed by atoms with E-state index in [9.17, 15) is 4.79 Å². The number of hydrazone groups is 1. The van der Waals surface area contributed by atoms with Crippen LogP contribution in [0.2, 0.25) is 0 Å². The number of hydrogen-bond acceptors (Lipinski definition) is 4. The van der Waals surface area contributed by atoms with Gasteiger partial charge >= 0.3 is 0 Å². The summed E-state index contributed by atoms with van der Waals surface area (Å²) in [5.41, 5.74) is 4.43. The Morgan fingerprint density at radius 3 is 2.29 bits per heavy atom. The third kappa shape index (κ3) is 3.49. The number of benzene rings is 2. The number of ether oxygens (including phenoxy) is 2. The van der Waals surface area contributed by atoms with Crippen LogP contribution in [-0.2, 0) is 11.2 Å². The Balaban J connectivity index is 0.00000109. The molecule has 0 saturated heterocycles. The van der Waals surface area contributed by atoms with Crippen LogP contribution >= 0.6 is 0 Å². The van der Waals surface area contributed by atoms with Gasteiger partial charge in [0.15, 0.2) is 0 Å². The number of nitrogens with zero attached hydrogens (tertiary/aromatic N) is 2. The van der Waals surface area contributed by atoms with Crippen molar-refractivity contribution in [2.45, 2.75) is 39.7 Å². The normalized spacial score (nSPS) is 19.6. The van der Waals surface area contributed by atoms with E-state index in [4.69, 9.17) is 14.6 Å². The lowest BCUT2D eigenvalue weighted by molar-refractivity contribution is -0.131. The van der Waals surface area contributed by atoms with Crippen LogP contribution in [0.25, 0.3) is 0 Å². The number of fused-ring (bicyclic) bond motifs is 3. The molecule has 0 spiro atoms. The molecule has 2 aromatic rings. The van der Waals surface area contributed by atoms with E-state index in [-0.39, 0.29) is 17.9 Å². The molecule has 0 aromatic heterocycles. The van der Waals surface area contributed by atoms with Gasteiger partial charge in [0, 0.05) is 18.4 Å². The zero-order valence-electron chi connectivity index (χ0n) is 17.2. The van der Waals surface area contributed by atoms with Crippen molar-refractivity contribution >= 4 is 11.6 Å². The average Bonchev–Trinajstić information content (AvgIpc) is 3.15. The molecule has 0 saturated carbocycles. The van der Waals surface area contributed by atoms with Crippen molar-refractivity contribution in [3.63, 3.8) is 0 Å². The van der Waals surface area contributed by atoms with Gasteiger partial charge in [0.25, 0.3) is 0 Å². The molecule has 4 rings (SSSR count). The number of methoxy groups -OCH3 is 2. The molecule has 5 heteroatoms. The Morgan fingerprint density at radius 2 is 1.68 bits per heavy atom. The fraction of sp³-hybridized carbons (Fsp3) is 0.391. The van der Waals surface area contributed by atoms with Crippen molar-refractivity contribution in [3.8, 4) is 11.5 Å². The number of aryl methyl sites for hydroxylation is 1. The van der Waals surface area contributed by atoms with Crippen molar-refractivity contribution < 1.29 is 14.3 Å². The van der Waals surface area contributed by atoms with Crippen LogP contribution in [0.5, 0.6) is 11.5 Å². The smallest absolute Gasteiger partial charge is 0.240 e. The largest absolute Gasteiger partial charge is 0.497 e. The van der Waals surface area contributed by atoms with Crippen LogP contribution in [0.4, 0.5) is 0 Å². The Kier molecular flexibility index (Phi) is 6.02. The highest BCUT2D eigenvalue weighted by Gasteiger charge is 2.43. The van der Waals surface area contributed by atoms with E-state index in [1.54, 1.807) is 26.2 Å². The van der Waals surface area contributed by atoms with Crippen LogP contribution in [0.3, 0.4) is 0 Å². The van der Waals surface area contributed by atoms with Crippen molar-refractivity contribution in [2.75, 3.05) is 14.2 Å². The first kappa shape index (κ1) is 19.9. The van der Waals surface area contributed by atoms with Gasteiger partial charge in [-0.1, -0.05) is 32.0 Å². The molecule has 2 unspecified atom stereocenters. The minimum absolute atomic E-state index is 0.0443. The maximum atomic E-state index is 12.3. The highest BCUT2D eigenvalue weighted by molar-refractivity contribution is 6.07. The molecule has 2 atom stereocenters. The first-order valence-electron chi connectivity index (χ1n) is 9.82. The molecule has 1 aliphatic heterocycles. The van der Waals surface area contributed by atoms with Crippen LogP contribution in [0, 0.1) is 5.92 Å². The first-order valence-corrected chi connectivity index (χ1v) is 9.82. The predicted octanol–water partition coefficient (Wildman–Crippen LogP) is 4.60. The third-order valence-electron chi connectivity index (χ3n) is 5.31. The topological polar surface area (TPSA) is 51.1 Å². The molecule has 5 nitrogen and oxygen atoms in total. The summed E-state index contributed by atoms with van der Waals surface area (Å²) >= 11 is 0. The summed E-state index contributed by atoms with van der Waals surface area (Å²) in [5, 5.41) is 6.38. The molecule has 0 N–H and O–H groups in total. The van der Waals surface area contributed by atoms with E-state index >= 15 is 0 Å². The van der Waals surface area contributed by atoms with Gasteiger partial charge in [0.2, 0.25) is 5.91 Å². The number of carbonyl (C=O) groups is 1. The summed E-state index contributed by atoms with van der Waals surface area (Å²) in [6.07, 6.45) is 1.94. The van der Waals surface area contributed by atoms with Gasteiger partial charge in [-0.3, -0.25) is 4.79 Å². The van der Waals surface area contributed by atoms with E-state index in [2.05, 4.69) is 6.07 Å². The third-order valence-corrected chi connectivity index (χ3v) is 5.31. The summed E-state index contributed by atoms with van der Waals surface area (Å²) in [5.74, 6) is 1.76. The molecule has 2 aromatic carbocycles. The molecule has 0 radical (unpaired) electrons. The van der Waals surface area contributed by atoms with Crippen molar-refractivity contribution in [1.82, 2.24) is 5.01 Å². The molecular weight excluding hydrogens is 352 g/mol. The summed E-state index contributed by atoms with van der Waals surface area (Å²) in [4.78, 5) is 12.3. The fourth-order valence-electron chi connectivity index (χ4n) is 4.01. The summed E-state index contributed by atoms with van der Waals surface area (Å²) in [6, 6.07) is 14.0. The van der Waals surface area contributed by atoms with E-state index in [0.717, 1.165) is 41.2 Å². The Bertz CT molecular complexity index is 874. The maximum absolute atomic E-state index is 12.3. The van der Waals surface area contributed by atoms with Gasteiger partial charge in [-0.25, -0.2) is 5.01 Å². The monoisotopic (exact) mass is 380 g/mol. The van der Waals surface area contributed by atoms with Crippen LogP contribution < -0.4 is 9.47 Å². The zero-order valence-corrected chi connectivity index (χ0v) is 17.2. The zero-order chi connectivity index (χ0) is 20.3. The Morgan fingerprint density at radius 1 is 1.04 bits per heavy atom. The maximum Gasteiger partial charge on any atom is 0.240 e. The van der Waals surface area contributed by atoms with Crippen molar-refractivity contribution in [3.05, 3.63) is 59.2 Å². The molecule has 1 heterocycles. The summed E-state index contributed by atoms with van der Waals surface area (Å²) < 4.78 is 10.7. The Labute approximate surface area is 167 Å². The fourth-order valence-corrected chi connectivity index (χ4v) is 4.01. The highest BCUT2D eigenvalue weighted by atomic mass is 16.5. The second-order valence-corrected chi connectivity index (χ2v) is 6.74. The number of carbonyl (C=O) groups excluding carboxylic acids is 1. The average molecular weight is 380 g/mol. The molecular formula is C23H28N2O3. The van der Waals surface area contributed by atoms with Crippen LogP contribution in [-0.4, -0.2) is 30.8 Å². The Hall–Kier alpha value is -2.82. The minimum atomic E-state index is -0.0762. The molecule has 2 aliphatic rings. The van der Waals surface area contributed by atoms with Gasteiger partial charge in [-0.2, -0.15) is 5.10 Å². The lowest BCUT2D eigenvalue weighted by Crippen LogP contribution is -2.31. The van der Waals surface area contributed by atoms with Gasteiger partial charge < -0.3 is 9.47 Å². The first-order chi connectivity index (χ1) is 13.6. The number of hydrogen-bond donors (Lipinski definition) is 0. The standard InChI is InChI=1S/C21H22N2O3.C2H6/c1-13(24)23-21(15-5-8-16(25-2)9-6-15)18-11-7-14-4-10-17(26-3)12-19(14)20(18)22-23;1-2/h4-6,8-10,12,18,21H,7,11H2,1-3H3;1-2H3. The van der Waals surface area contributed by atoms with Gasteiger partial charge in [0.1, 0.15) is 11.5 Å². The highest BCUT2D eigenvalue weighted by Crippen LogP contribution is 2.44. The van der Waals surface area contributed by atoms with Gasteiger partial charge in [-0.05, 0) is 48.2 Å². The van der Waals surface area contributed by atoms with E-state index < -0.39 is 0 Å². The quantitative estimate of drug-likeness (QED) is 0.782. The number of amides is 1. The molecule has 28 heavy (non-hydrogen) atoms. The van der Waals surface area contributed by atoms with Crippen LogP contribution in [0.1, 0.15) is 49.9 Å². The predicted molar refractivity (Wildman–Crippen MR) is 111 cm³/mol. The second-order valence-electron chi connectivity index (χ2n) is 6.74. The van der Waals surface area contributed by atoms with Crippen molar-refractivity contribution in [1.29, 1.82) is 0 Å². The lowest BCUT2D eigenvalue weighted by Gasteiger charge is -2.29. The van der Waals surface area contributed by atoms with E-state index in [1.165, 1.54) is 5.56 Å². The minimum Gasteiger partial charge on any atom is -0.497 e. The van der Waals surface area contributed by atoms with Gasteiger partial charge in [0.05, 0.1) is 26.0 Å². The number of rotatable bonds is 3. The molecule has 1 amide bonds. The van der Waals surface area contributed by atoms with Crippen LogP contribution in [0.15, 0.2) is 47.6 Å². The molecule has 1 aliphatic carbocycles. The SMILES string of the molecule is CC.COc1ccc(C2C3CCc4ccc(OC)cc4C3=NN2C(C)=O)cc1. The van der Waals surface area contributed by atoms with E-state index in [0.29, 0.717) is 0 Å². The summed E-state index contributed by atoms with van der Waals surface area (Å²) in [7, 11) is 3.32.